The molecule has 2 aromatic carbocycles. The summed E-state index contributed by atoms with van der Waals surface area (Å²) in [7, 11) is 0. The summed E-state index contributed by atoms with van der Waals surface area (Å²) in [5.41, 5.74) is 5.03. The van der Waals surface area contributed by atoms with Crippen LogP contribution in [0.3, 0.4) is 0 Å². The number of allylic oxidation sites excluding steroid dienone is 2. The molecule has 6 heteroatoms. The number of benzene rings is 2. The van der Waals surface area contributed by atoms with Gasteiger partial charge in [0.2, 0.25) is 0 Å². The number of aromatic amines is 1. The van der Waals surface area contributed by atoms with Crippen molar-refractivity contribution in [1.82, 2.24) is 15.0 Å². The highest BCUT2D eigenvalue weighted by molar-refractivity contribution is 5.88. The molecule has 3 heterocycles. The molecule has 2 bridgehead atoms. The molecule has 6 nitrogen and oxygen atoms in total. The minimum atomic E-state index is -1.59. The summed E-state index contributed by atoms with van der Waals surface area (Å²) in [5, 5.41) is 34.7. The van der Waals surface area contributed by atoms with Crippen LogP contribution in [0, 0.1) is 0 Å². The number of hydrogen-bond donors (Lipinski definition) is 4. The van der Waals surface area contributed by atoms with Gasteiger partial charge in [-0.05, 0) is 46.5 Å². The predicted octanol–water partition coefficient (Wildman–Crippen LogP) is 5.77. The van der Waals surface area contributed by atoms with Gasteiger partial charge in [-0.15, -0.1) is 0 Å². The normalized spacial score (nSPS) is 20.3. The minimum Gasteiger partial charge on any atom is -0.494 e. The highest BCUT2D eigenvalue weighted by Crippen LogP contribution is 2.66. The maximum Gasteiger partial charge on any atom is 0.195 e. The fourth-order valence-electron chi connectivity index (χ4n) is 6.30. The van der Waals surface area contributed by atoms with E-state index in [9.17, 15) is 15.3 Å². The van der Waals surface area contributed by atoms with E-state index in [1.165, 1.54) is 0 Å². The zero-order valence-corrected chi connectivity index (χ0v) is 20.9. The smallest absolute Gasteiger partial charge is 0.195 e. The third kappa shape index (κ3) is 3.39. The van der Waals surface area contributed by atoms with Crippen LogP contribution in [-0.4, -0.2) is 30.3 Å². The molecule has 4 N–H and O–H groups in total. The number of nitrogens with zero attached hydrogens (tertiary/aromatic N) is 2. The van der Waals surface area contributed by atoms with Crippen molar-refractivity contribution in [3.8, 4) is 11.8 Å². The van der Waals surface area contributed by atoms with Gasteiger partial charge in [0.05, 0.1) is 11.4 Å². The number of aromatic nitrogens is 3. The minimum absolute atomic E-state index is 0.0719. The zero-order chi connectivity index (χ0) is 26.6. The highest BCUT2D eigenvalue weighted by Gasteiger charge is 2.55. The zero-order valence-electron chi connectivity index (χ0n) is 20.9. The van der Waals surface area contributed by atoms with Crippen LogP contribution in [0.2, 0.25) is 0 Å². The van der Waals surface area contributed by atoms with E-state index in [1.54, 1.807) is 12.4 Å². The first-order chi connectivity index (χ1) is 19.1. The van der Waals surface area contributed by atoms with E-state index < -0.39 is 17.4 Å². The van der Waals surface area contributed by atoms with Gasteiger partial charge in [-0.2, -0.15) is 0 Å². The van der Waals surface area contributed by atoms with E-state index in [0.29, 0.717) is 28.0 Å². The molecule has 0 radical (unpaired) electrons. The van der Waals surface area contributed by atoms with Crippen LogP contribution in [0.5, 0.6) is 11.8 Å². The summed E-state index contributed by atoms with van der Waals surface area (Å²) in [6, 6.07) is 30.7. The average Bonchev–Trinajstić information content (AvgIpc) is 3.63. The fourth-order valence-corrected chi connectivity index (χ4v) is 6.30. The van der Waals surface area contributed by atoms with Crippen LogP contribution < -0.4 is 0 Å². The molecule has 0 saturated carbocycles. The maximum absolute atomic E-state index is 12.7. The van der Waals surface area contributed by atoms with E-state index in [2.05, 4.69) is 9.97 Å². The third-order valence-corrected chi connectivity index (χ3v) is 7.86. The Morgan fingerprint density at radius 1 is 0.718 bits per heavy atom. The van der Waals surface area contributed by atoms with Gasteiger partial charge in [0, 0.05) is 40.9 Å². The Morgan fingerprint density at radius 2 is 1.36 bits per heavy atom. The first kappa shape index (κ1) is 23.2. The lowest BCUT2D eigenvalue weighted by atomic mass is 9.74. The second-order valence-corrected chi connectivity index (χ2v) is 9.89. The standard InChI is InChI=1S/C33H25N3O3/c37-31-28-22-19-23(33(39,21-13-5-2-6-14-21)25-16-8-10-18-35-25)29(30(28)32(38)36-31)27(22)26(20-11-3-1-4-12-20)24-15-7-9-17-34-24/h1-19,22,29,36-39H. The Kier molecular flexibility index (Phi) is 5.25. The number of rotatable bonds is 5. The number of pyridine rings is 2. The molecule has 3 atom stereocenters. The Bertz CT molecular complexity index is 1650. The first-order valence-electron chi connectivity index (χ1n) is 12.8. The van der Waals surface area contributed by atoms with Gasteiger partial charge in [0.15, 0.2) is 17.4 Å². The molecule has 0 amide bonds. The number of fused-ring (bicyclic) bond motifs is 5. The SMILES string of the molecule is Oc1[nH]c(O)c2c1C1C=C(C(O)(c3ccccc3)c3ccccn3)C2C1=C(c1ccccc1)c1ccccn1. The van der Waals surface area contributed by atoms with Crippen LogP contribution in [0.4, 0.5) is 0 Å². The summed E-state index contributed by atoms with van der Waals surface area (Å²) in [4.78, 5) is 12.0. The number of aliphatic hydroxyl groups is 1. The largest absolute Gasteiger partial charge is 0.494 e. The van der Waals surface area contributed by atoms with E-state index in [1.807, 2.05) is 103 Å². The molecule has 2 aliphatic carbocycles. The molecule has 0 spiro atoms. The molecule has 7 rings (SSSR count). The number of H-pyrrole nitrogens is 1. The van der Waals surface area contributed by atoms with Crippen molar-refractivity contribution in [2.24, 2.45) is 0 Å². The van der Waals surface area contributed by atoms with Crippen molar-refractivity contribution in [3.63, 3.8) is 0 Å². The van der Waals surface area contributed by atoms with Gasteiger partial charge in [0.1, 0.15) is 0 Å². The van der Waals surface area contributed by atoms with E-state index in [0.717, 1.165) is 22.4 Å². The van der Waals surface area contributed by atoms with Gasteiger partial charge in [0.25, 0.3) is 0 Å². The van der Waals surface area contributed by atoms with Crippen molar-refractivity contribution < 1.29 is 15.3 Å². The molecule has 3 unspecified atom stereocenters. The van der Waals surface area contributed by atoms with Crippen LogP contribution in [0.25, 0.3) is 5.57 Å². The Labute approximate surface area is 225 Å². The van der Waals surface area contributed by atoms with E-state index in [4.69, 9.17) is 4.98 Å². The summed E-state index contributed by atoms with van der Waals surface area (Å²) in [6.45, 7) is 0. The van der Waals surface area contributed by atoms with Crippen molar-refractivity contribution >= 4 is 5.57 Å². The number of nitrogens with one attached hydrogen (secondary N) is 1. The van der Waals surface area contributed by atoms with Crippen molar-refractivity contribution in [2.45, 2.75) is 17.4 Å². The number of aromatic hydroxyl groups is 2. The molecule has 2 aliphatic rings. The predicted molar refractivity (Wildman–Crippen MR) is 148 cm³/mol. The summed E-state index contributed by atoms with van der Waals surface area (Å²) < 4.78 is 0. The molecule has 5 aromatic rings. The quantitative estimate of drug-likeness (QED) is 0.224. The second-order valence-electron chi connectivity index (χ2n) is 9.89. The monoisotopic (exact) mass is 511 g/mol. The van der Waals surface area contributed by atoms with Crippen molar-refractivity contribution in [2.75, 3.05) is 0 Å². The summed E-state index contributed by atoms with van der Waals surface area (Å²) in [5.74, 6) is -1.11. The van der Waals surface area contributed by atoms with Gasteiger partial charge in [-0.3, -0.25) is 15.0 Å². The van der Waals surface area contributed by atoms with Gasteiger partial charge in [-0.25, -0.2) is 0 Å². The van der Waals surface area contributed by atoms with Crippen LogP contribution in [0.15, 0.2) is 127 Å². The summed E-state index contributed by atoms with van der Waals surface area (Å²) >= 11 is 0. The fraction of sp³-hybridized carbons (Fsp3) is 0.0909. The molecule has 0 saturated heterocycles. The lowest BCUT2D eigenvalue weighted by molar-refractivity contribution is 0.111. The lowest BCUT2D eigenvalue weighted by Crippen LogP contribution is -2.33. The summed E-state index contributed by atoms with van der Waals surface area (Å²) in [6.07, 6.45) is 5.44. The van der Waals surface area contributed by atoms with Crippen molar-refractivity contribution in [1.29, 1.82) is 0 Å². The van der Waals surface area contributed by atoms with Gasteiger partial charge in [-0.1, -0.05) is 78.9 Å². The molecule has 3 aromatic heterocycles. The molecule has 190 valence electrons. The van der Waals surface area contributed by atoms with Crippen molar-refractivity contribution in [3.05, 3.63) is 160 Å². The maximum atomic E-state index is 12.7. The molecule has 0 fully saturated rings. The molecule has 39 heavy (non-hydrogen) atoms. The average molecular weight is 512 g/mol. The lowest BCUT2D eigenvalue weighted by Gasteiger charge is -2.34. The third-order valence-electron chi connectivity index (χ3n) is 7.86. The molecular formula is C33H25N3O3. The van der Waals surface area contributed by atoms with Gasteiger partial charge < -0.3 is 15.3 Å². The highest BCUT2D eigenvalue weighted by atomic mass is 16.3. The Balaban J connectivity index is 1.55. The molecular weight excluding hydrogens is 486 g/mol. The van der Waals surface area contributed by atoms with Crippen LogP contribution in [-0.2, 0) is 5.60 Å². The van der Waals surface area contributed by atoms with Crippen LogP contribution >= 0.6 is 0 Å². The molecule has 0 aliphatic heterocycles. The van der Waals surface area contributed by atoms with E-state index in [-0.39, 0.29) is 11.8 Å². The Hall–Kier alpha value is -4.94. The topological polar surface area (TPSA) is 102 Å². The number of hydrogen-bond acceptors (Lipinski definition) is 5. The van der Waals surface area contributed by atoms with Gasteiger partial charge >= 0.3 is 0 Å². The van der Waals surface area contributed by atoms with Crippen LogP contribution in [0.1, 0.15) is 45.5 Å². The first-order valence-corrected chi connectivity index (χ1v) is 12.8. The second kappa shape index (κ2) is 8.82. The van der Waals surface area contributed by atoms with E-state index >= 15 is 0 Å². The Morgan fingerprint density at radius 3 is 2.03 bits per heavy atom.